The molecule has 0 N–H and O–H groups in total. The van der Waals surface area contributed by atoms with Crippen molar-refractivity contribution in [1.29, 1.82) is 5.26 Å². The highest BCUT2D eigenvalue weighted by Gasteiger charge is 2.16. The lowest BCUT2D eigenvalue weighted by atomic mass is 9.99. The van der Waals surface area contributed by atoms with E-state index in [9.17, 15) is 10.1 Å². The Morgan fingerprint density at radius 1 is 1.50 bits per heavy atom. The van der Waals surface area contributed by atoms with Crippen LogP contribution >= 0.6 is 0 Å². The molecule has 0 saturated carbocycles. The van der Waals surface area contributed by atoms with Gasteiger partial charge < -0.3 is 0 Å². The maximum absolute atomic E-state index is 10.8. The Labute approximate surface area is 103 Å². The maximum Gasteiger partial charge on any atom is 0.273 e. The first kappa shape index (κ1) is 11.8. The van der Waals surface area contributed by atoms with Gasteiger partial charge in [0.15, 0.2) is 0 Å². The third-order valence-corrected chi connectivity index (χ3v) is 2.67. The number of hydrogen-bond acceptors (Lipinski definition) is 4. The summed E-state index contributed by atoms with van der Waals surface area (Å²) in [6.45, 7) is 1.65. The van der Waals surface area contributed by atoms with Gasteiger partial charge in [-0.1, -0.05) is 0 Å². The highest BCUT2D eigenvalue weighted by molar-refractivity contribution is 5.72. The SMILES string of the molecule is Cc1cc(-c2cnn(C)c2)c(C#N)cc1[N+](=O)[O-]. The maximum atomic E-state index is 10.8. The van der Waals surface area contributed by atoms with E-state index in [-0.39, 0.29) is 11.3 Å². The minimum absolute atomic E-state index is 0.0424. The molecule has 1 heterocycles. The van der Waals surface area contributed by atoms with Crippen LogP contribution in [-0.4, -0.2) is 14.7 Å². The topological polar surface area (TPSA) is 84.8 Å². The summed E-state index contributed by atoms with van der Waals surface area (Å²) in [7, 11) is 1.77. The average Bonchev–Trinajstić information content (AvgIpc) is 2.75. The summed E-state index contributed by atoms with van der Waals surface area (Å²) in [5, 5.41) is 23.9. The molecule has 0 bridgehead atoms. The molecule has 6 heteroatoms. The molecule has 2 aromatic rings. The Morgan fingerprint density at radius 2 is 2.22 bits per heavy atom. The van der Waals surface area contributed by atoms with Gasteiger partial charge in [0.05, 0.1) is 16.7 Å². The van der Waals surface area contributed by atoms with Crippen molar-refractivity contribution >= 4 is 5.69 Å². The monoisotopic (exact) mass is 242 g/mol. The van der Waals surface area contributed by atoms with Crippen LogP contribution in [0.3, 0.4) is 0 Å². The predicted molar refractivity (Wildman–Crippen MR) is 64.8 cm³/mol. The van der Waals surface area contributed by atoms with Gasteiger partial charge in [0, 0.05) is 36.0 Å². The van der Waals surface area contributed by atoms with Crippen LogP contribution in [0.5, 0.6) is 0 Å². The fourth-order valence-corrected chi connectivity index (χ4v) is 1.78. The molecule has 1 aromatic carbocycles. The first-order valence-corrected chi connectivity index (χ1v) is 5.21. The summed E-state index contributed by atoms with van der Waals surface area (Å²) in [6.07, 6.45) is 3.39. The molecule has 0 unspecified atom stereocenters. The van der Waals surface area contributed by atoms with Crippen LogP contribution in [0, 0.1) is 28.4 Å². The first-order valence-electron chi connectivity index (χ1n) is 5.21. The number of nitro groups is 1. The van der Waals surface area contributed by atoms with Crippen molar-refractivity contribution in [1.82, 2.24) is 9.78 Å². The fraction of sp³-hybridized carbons (Fsp3) is 0.167. The van der Waals surface area contributed by atoms with Gasteiger partial charge in [0.2, 0.25) is 0 Å². The Balaban J connectivity index is 2.66. The lowest BCUT2D eigenvalue weighted by Gasteiger charge is -2.04. The van der Waals surface area contributed by atoms with Crippen LogP contribution in [0.15, 0.2) is 24.5 Å². The van der Waals surface area contributed by atoms with Crippen molar-refractivity contribution in [3.05, 3.63) is 45.8 Å². The number of nitro benzene ring substituents is 1. The summed E-state index contributed by atoms with van der Waals surface area (Å²) in [6, 6.07) is 4.93. The lowest BCUT2D eigenvalue weighted by molar-refractivity contribution is -0.385. The molecule has 0 radical (unpaired) electrons. The van der Waals surface area contributed by atoms with E-state index in [1.807, 2.05) is 6.07 Å². The first-order chi connectivity index (χ1) is 8.52. The van der Waals surface area contributed by atoms with E-state index in [4.69, 9.17) is 5.26 Å². The molecule has 0 atom stereocenters. The van der Waals surface area contributed by atoms with Crippen molar-refractivity contribution in [2.24, 2.45) is 7.05 Å². The highest BCUT2D eigenvalue weighted by Crippen LogP contribution is 2.29. The number of aromatic nitrogens is 2. The highest BCUT2D eigenvalue weighted by atomic mass is 16.6. The van der Waals surface area contributed by atoms with Gasteiger partial charge in [-0.3, -0.25) is 14.8 Å². The molecule has 2 rings (SSSR count). The van der Waals surface area contributed by atoms with E-state index in [0.29, 0.717) is 11.1 Å². The van der Waals surface area contributed by atoms with Crippen molar-refractivity contribution < 1.29 is 4.92 Å². The van der Waals surface area contributed by atoms with E-state index < -0.39 is 4.92 Å². The van der Waals surface area contributed by atoms with Gasteiger partial charge in [0.25, 0.3) is 5.69 Å². The summed E-state index contributed by atoms with van der Waals surface area (Å²) in [4.78, 5) is 10.3. The second-order valence-electron chi connectivity index (χ2n) is 3.96. The standard InChI is InChI=1S/C12H10N4O2/c1-8-3-11(10-6-14-15(2)7-10)9(5-13)4-12(8)16(17)18/h3-4,6-7H,1-2H3. The van der Waals surface area contributed by atoms with Crippen molar-refractivity contribution in [2.45, 2.75) is 6.92 Å². The number of nitrogens with zero attached hydrogens (tertiary/aromatic N) is 4. The second kappa shape index (κ2) is 4.30. The molecule has 0 spiro atoms. The van der Waals surface area contributed by atoms with Gasteiger partial charge in [-0.25, -0.2) is 0 Å². The minimum Gasteiger partial charge on any atom is -0.275 e. The van der Waals surface area contributed by atoms with Gasteiger partial charge in [-0.15, -0.1) is 0 Å². The molecule has 0 aliphatic heterocycles. The number of benzene rings is 1. The largest absolute Gasteiger partial charge is 0.275 e. The zero-order chi connectivity index (χ0) is 13.3. The Morgan fingerprint density at radius 3 is 2.72 bits per heavy atom. The van der Waals surface area contributed by atoms with E-state index in [2.05, 4.69) is 5.10 Å². The van der Waals surface area contributed by atoms with E-state index in [1.165, 1.54) is 6.07 Å². The van der Waals surface area contributed by atoms with Crippen molar-refractivity contribution in [3.63, 3.8) is 0 Å². The summed E-state index contributed by atoms with van der Waals surface area (Å²) in [5.74, 6) is 0. The molecule has 0 saturated heterocycles. The molecular formula is C12H10N4O2. The van der Waals surface area contributed by atoms with E-state index >= 15 is 0 Å². The molecule has 0 aliphatic rings. The third kappa shape index (κ3) is 1.94. The predicted octanol–water partition coefficient (Wildman–Crippen LogP) is 2.18. The molecule has 0 amide bonds. The fourth-order valence-electron chi connectivity index (χ4n) is 1.78. The molecule has 1 aromatic heterocycles. The van der Waals surface area contributed by atoms with Crippen molar-refractivity contribution in [3.8, 4) is 17.2 Å². The number of aryl methyl sites for hydroxylation is 2. The van der Waals surface area contributed by atoms with Gasteiger partial charge in [0.1, 0.15) is 6.07 Å². The van der Waals surface area contributed by atoms with Crippen LogP contribution in [0.1, 0.15) is 11.1 Å². The lowest BCUT2D eigenvalue weighted by Crippen LogP contribution is -1.94. The molecule has 0 fully saturated rings. The molecule has 90 valence electrons. The number of nitriles is 1. The van der Waals surface area contributed by atoms with Crippen LogP contribution in [0.4, 0.5) is 5.69 Å². The zero-order valence-corrected chi connectivity index (χ0v) is 9.91. The zero-order valence-electron chi connectivity index (χ0n) is 9.91. The van der Waals surface area contributed by atoms with Gasteiger partial charge >= 0.3 is 0 Å². The molecule has 6 nitrogen and oxygen atoms in total. The Bertz CT molecular complexity index is 667. The smallest absolute Gasteiger partial charge is 0.273 e. The van der Waals surface area contributed by atoms with Gasteiger partial charge in [-0.05, 0) is 13.0 Å². The summed E-state index contributed by atoms with van der Waals surface area (Å²) < 4.78 is 1.62. The van der Waals surface area contributed by atoms with Crippen LogP contribution in [0.2, 0.25) is 0 Å². The summed E-state index contributed by atoms with van der Waals surface area (Å²) in [5.41, 5.74) is 2.19. The molecule has 0 aliphatic carbocycles. The van der Waals surface area contributed by atoms with Gasteiger partial charge in [-0.2, -0.15) is 10.4 Å². The van der Waals surface area contributed by atoms with Crippen LogP contribution in [-0.2, 0) is 7.05 Å². The van der Waals surface area contributed by atoms with Crippen molar-refractivity contribution in [2.75, 3.05) is 0 Å². The van der Waals surface area contributed by atoms with Crippen LogP contribution < -0.4 is 0 Å². The molecular weight excluding hydrogens is 232 g/mol. The average molecular weight is 242 g/mol. The normalized spacial score (nSPS) is 10.1. The minimum atomic E-state index is -0.483. The third-order valence-electron chi connectivity index (χ3n) is 2.67. The Kier molecular flexibility index (Phi) is 2.81. The molecule has 18 heavy (non-hydrogen) atoms. The van der Waals surface area contributed by atoms with Crippen LogP contribution in [0.25, 0.3) is 11.1 Å². The quantitative estimate of drug-likeness (QED) is 0.596. The van der Waals surface area contributed by atoms with E-state index in [0.717, 1.165) is 5.56 Å². The van der Waals surface area contributed by atoms with E-state index in [1.54, 1.807) is 37.1 Å². The number of rotatable bonds is 2. The summed E-state index contributed by atoms with van der Waals surface area (Å²) >= 11 is 0. The number of hydrogen-bond donors (Lipinski definition) is 0. The Hall–Kier alpha value is -2.68. The second-order valence-corrected chi connectivity index (χ2v) is 3.96.